The van der Waals surface area contributed by atoms with E-state index in [2.05, 4.69) is 18.7 Å². The molecule has 2 aromatic carbocycles. The van der Waals surface area contributed by atoms with Gasteiger partial charge in [0.05, 0.1) is 29.4 Å². The van der Waals surface area contributed by atoms with Crippen LogP contribution < -0.4 is 0 Å². The monoisotopic (exact) mass is 599 g/mol. The van der Waals surface area contributed by atoms with Crippen molar-refractivity contribution in [2.45, 2.75) is 82.7 Å². The van der Waals surface area contributed by atoms with Crippen molar-refractivity contribution in [3.8, 4) is 0 Å². The lowest BCUT2D eigenvalue weighted by molar-refractivity contribution is -0.211. The summed E-state index contributed by atoms with van der Waals surface area (Å²) in [6.07, 6.45) is -7.82. The van der Waals surface area contributed by atoms with Crippen molar-refractivity contribution in [3.63, 3.8) is 0 Å². The van der Waals surface area contributed by atoms with Crippen LogP contribution in [0.5, 0.6) is 0 Å². The molecule has 0 N–H and O–H groups in total. The number of hydrogen-bond acceptors (Lipinski definition) is 4. The third-order valence-electron chi connectivity index (χ3n) is 9.80. The van der Waals surface area contributed by atoms with Gasteiger partial charge in [0.15, 0.2) is 6.29 Å². The van der Waals surface area contributed by atoms with Gasteiger partial charge in [0.25, 0.3) is 0 Å². The number of ether oxygens (including phenoxy) is 3. The van der Waals surface area contributed by atoms with Crippen LogP contribution in [0.2, 0.25) is 0 Å². The molecule has 0 aliphatic carbocycles. The molecule has 0 bridgehead atoms. The Bertz CT molecular complexity index is 1170. The molecule has 0 unspecified atom stereocenters. The molecular weight excluding hydrogens is 560 g/mol. The van der Waals surface area contributed by atoms with Gasteiger partial charge in [-0.1, -0.05) is 30.3 Å². The molecule has 0 aromatic heterocycles. The van der Waals surface area contributed by atoms with E-state index < -0.39 is 35.9 Å². The highest BCUT2D eigenvalue weighted by atomic mass is 19.4. The van der Waals surface area contributed by atoms with E-state index in [1.807, 2.05) is 30.3 Å². The molecule has 10 heteroatoms. The molecule has 3 saturated heterocycles. The SMILES string of the molecule is C[C@@H](O[C@H]1OCC[C@@H](CN2CCC3(CCOC3(C)C)CC2)[C@@H]1c1ccccc1)c1cc(C(F)(F)F)cc(C(F)(F)F)c1. The molecule has 3 heterocycles. The van der Waals surface area contributed by atoms with Crippen LogP contribution in [0, 0.1) is 11.3 Å². The van der Waals surface area contributed by atoms with Gasteiger partial charge in [0, 0.05) is 24.5 Å². The van der Waals surface area contributed by atoms with Gasteiger partial charge in [0.1, 0.15) is 0 Å². The molecule has 3 aliphatic heterocycles. The second-order valence-electron chi connectivity index (χ2n) is 12.5. The molecule has 1 spiro atoms. The van der Waals surface area contributed by atoms with E-state index in [4.69, 9.17) is 14.2 Å². The van der Waals surface area contributed by atoms with Crippen LogP contribution in [0.4, 0.5) is 26.3 Å². The fourth-order valence-corrected chi connectivity index (χ4v) is 7.07. The van der Waals surface area contributed by atoms with Crippen molar-refractivity contribution in [2.75, 3.05) is 32.8 Å². The molecule has 0 amide bonds. The first-order valence-electron chi connectivity index (χ1n) is 14.7. The Kier molecular flexibility index (Phi) is 8.75. The van der Waals surface area contributed by atoms with Crippen LogP contribution >= 0.6 is 0 Å². The zero-order valence-electron chi connectivity index (χ0n) is 24.2. The highest BCUT2D eigenvalue weighted by Gasteiger charge is 2.51. The smallest absolute Gasteiger partial charge is 0.375 e. The molecule has 0 saturated carbocycles. The van der Waals surface area contributed by atoms with Gasteiger partial charge in [0.2, 0.25) is 0 Å². The maximum Gasteiger partial charge on any atom is 0.416 e. The van der Waals surface area contributed by atoms with E-state index in [0.29, 0.717) is 6.61 Å². The second-order valence-corrected chi connectivity index (χ2v) is 12.5. The highest BCUT2D eigenvalue weighted by Crippen LogP contribution is 2.51. The van der Waals surface area contributed by atoms with Crippen LogP contribution in [0.15, 0.2) is 48.5 Å². The van der Waals surface area contributed by atoms with Crippen molar-refractivity contribution >= 4 is 0 Å². The number of piperidine rings is 1. The molecule has 3 aliphatic rings. The van der Waals surface area contributed by atoms with Crippen LogP contribution in [-0.4, -0.2) is 49.6 Å². The Morgan fingerprint density at radius 1 is 0.905 bits per heavy atom. The molecule has 0 radical (unpaired) electrons. The summed E-state index contributed by atoms with van der Waals surface area (Å²) in [6, 6.07) is 11.3. The second kappa shape index (κ2) is 11.7. The van der Waals surface area contributed by atoms with E-state index in [9.17, 15) is 26.3 Å². The van der Waals surface area contributed by atoms with Gasteiger partial charge in [-0.2, -0.15) is 26.3 Å². The zero-order chi connectivity index (χ0) is 30.3. The first kappa shape index (κ1) is 31.3. The Morgan fingerprint density at radius 3 is 2.07 bits per heavy atom. The molecule has 42 heavy (non-hydrogen) atoms. The van der Waals surface area contributed by atoms with Crippen molar-refractivity contribution in [1.29, 1.82) is 0 Å². The van der Waals surface area contributed by atoms with E-state index in [1.165, 1.54) is 6.92 Å². The third kappa shape index (κ3) is 6.51. The maximum atomic E-state index is 13.5. The van der Waals surface area contributed by atoms with Crippen LogP contribution in [-0.2, 0) is 26.6 Å². The normalized spacial score (nSPS) is 27.3. The van der Waals surface area contributed by atoms with E-state index in [1.54, 1.807) is 0 Å². The summed E-state index contributed by atoms with van der Waals surface area (Å²) in [5, 5.41) is 0. The molecule has 5 rings (SSSR count). The summed E-state index contributed by atoms with van der Waals surface area (Å²) >= 11 is 0. The number of nitrogens with zero attached hydrogens (tertiary/aromatic N) is 1. The largest absolute Gasteiger partial charge is 0.416 e. The minimum Gasteiger partial charge on any atom is -0.375 e. The summed E-state index contributed by atoms with van der Waals surface area (Å²) in [5.74, 6) is -0.107. The van der Waals surface area contributed by atoms with E-state index in [-0.39, 0.29) is 34.5 Å². The fourth-order valence-electron chi connectivity index (χ4n) is 7.07. The Morgan fingerprint density at radius 2 is 1.52 bits per heavy atom. The Hall–Kier alpha value is -2.14. The first-order chi connectivity index (χ1) is 19.7. The summed E-state index contributed by atoms with van der Waals surface area (Å²) < 4.78 is 99.4. The number of likely N-dealkylation sites (tertiary alicyclic amines) is 1. The van der Waals surface area contributed by atoms with Crippen molar-refractivity contribution in [1.82, 2.24) is 4.90 Å². The lowest BCUT2D eigenvalue weighted by Crippen LogP contribution is -2.50. The average molecular weight is 600 g/mol. The summed E-state index contributed by atoms with van der Waals surface area (Å²) in [4.78, 5) is 2.47. The molecule has 2 aromatic rings. The number of rotatable bonds is 6. The van der Waals surface area contributed by atoms with E-state index >= 15 is 0 Å². The van der Waals surface area contributed by atoms with Crippen molar-refractivity contribution < 1.29 is 40.6 Å². The minimum absolute atomic E-state index is 0.132. The number of halogens is 6. The molecule has 232 valence electrons. The quantitative estimate of drug-likeness (QED) is 0.313. The Balaban J connectivity index is 1.36. The van der Waals surface area contributed by atoms with Crippen LogP contribution in [0.1, 0.15) is 80.7 Å². The lowest BCUT2D eigenvalue weighted by Gasteiger charge is -2.48. The molecule has 4 nitrogen and oxygen atoms in total. The predicted molar refractivity (Wildman–Crippen MR) is 146 cm³/mol. The first-order valence-corrected chi connectivity index (χ1v) is 14.7. The van der Waals surface area contributed by atoms with Gasteiger partial charge in [-0.3, -0.25) is 0 Å². The average Bonchev–Trinajstić information content (AvgIpc) is 3.22. The standard InChI is InChI=1S/C32H39F6NO3/c1-21(24-17-25(31(33,34)35)19-26(18-24)32(36,37)38)42-28-27(22-7-5-4-6-8-22)23(9-15-40-28)20-39-13-10-30(11-14-39)12-16-41-29(30,2)3/h4-8,17-19,21,23,27-28H,9-16,20H2,1-3H3/t21-,23+,27+,28-/m1/s1. The van der Waals surface area contributed by atoms with Crippen LogP contribution in [0.25, 0.3) is 0 Å². The number of hydrogen-bond donors (Lipinski definition) is 0. The summed E-state index contributed by atoms with van der Waals surface area (Å²) in [5.41, 5.74) is -1.91. The van der Waals surface area contributed by atoms with Crippen LogP contribution in [0.3, 0.4) is 0 Å². The summed E-state index contributed by atoms with van der Waals surface area (Å²) in [7, 11) is 0. The zero-order valence-corrected chi connectivity index (χ0v) is 24.2. The van der Waals surface area contributed by atoms with Crippen molar-refractivity contribution in [3.05, 3.63) is 70.8 Å². The van der Waals surface area contributed by atoms with Gasteiger partial charge in [-0.05, 0) is 94.8 Å². The third-order valence-corrected chi connectivity index (χ3v) is 9.80. The molecule has 4 atom stereocenters. The summed E-state index contributed by atoms with van der Waals surface area (Å²) in [6.45, 7) is 9.71. The fraction of sp³-hybridized carbons (Fsp3) is 0.625. The molecule has 3 fully saturated rings. The van der Waals surface area contributed by atoms with Gasteiger partial charge < -0.3 is 19.1 Å². The van der Waals surface area contributed by atoms with Gasteiger partial charge >= 0.3 is 12.4 Å². The van der Waals surface area contributed by atoms with Gasteiger partial charge in [-0.15, -0.1) is 0 Å². The lowest BCUT2D eigenvalue weighted by atomic mass is 9.67. The minimum atomic E-state index is -4.93. The van der Waals surface area contributed by atoms with Gasteiger partial charge in [-0.25, -0.2) is 0 Å². The molecular formula is C32H39F6NO3. The Labute approximate surface area is 243 Å². The number of benzene rings is 2. The maximum absolute atomic E-state index is 13.5. The topological polar surface area (TPSA) is 30.9 Å². The predicted octanol–water partition coefficient (Wildman–Crippen LogP) is 8.23. The highest BCUT2D eigenvalue weighted by molar-refractivity contribution is 5.35. The number of alkyl halides is 6. The van der Waals surface area contributed by atoms with Crippen molar-refractivity contribution in [2.24, 2.45) is 11.3 Å². The van der Waals surface area contributed by atoms with E-state index in [0.717, 1.165) is 69.6 Å².